The fraction of sp³-hybridized carbons (Fsp3) is 0.333. The Bertz CT molecular complexity index is 685. The third-order valence-corrected chi connectivity index (χ3v) is 4.37. The van der Waals surface area contributed by atoms with Crippen molar-refractivity contribution in [1.29, 1.82) is 0 Å². The van der Waals surface area contributed by atoms with Crippen LogP contribution in [0.15, 0.2) is 23.1 Å². The number of carboxylic acids is 1. The highest BCUT2D eigenvalue weighted by molar-refractivity contribution is 7.89. The Morgan fingerprint density at radius 3 is 2.86 bits per heavy atom. The monoisotopic (exact) mass is 314 g/mol. The quantitative estimate of drug-likeness (QED) is 0.711. The Kier molecular flexibility index (Phi) is 4.14. The van der Waals surface area contributed by atoms with E-state index in [1.54, 1.807) is 6.92 Å². The highest BCUT2D eigenvalue weighted by Gasteiger charge is 2.25. The molecule has 0 fully saturated rings. The molecule has 1 aromatic rings. The first kappa shape index (κ1) is 15.3. The van der Waals surface area contributed by atoms with Crippen molar-refractivity contribution in [2.24, 2.45) is 0 Å². The van der Waals surface area contributed by atoms with Gasteiger partial charge in [-0.15, -0.1) is 0 Å². The lowest BCUT2D eigenvalue weighted by Crippen LogP contribution is -2.40. The van der Waals surface area contributed by atoms with E-state index in [1.165, 1.54) is 18.2 Å². The molecule has 2 rings (SSSR count). The molecule has 0 aromatic heterocycles. The number of amides is 1. The van der Waals surface area contributed by atoms with Crippen molar-refractivity contribution in [3.8, 4) is 5.75 Å². The number of anilines is 1. The topological polar surface area (TPSA) is 122 Å². The summed E-state index contributed by atoms with van der Waals surface area (Å²) in [6.07, 6.45) is 0.110. The maximum Gasteiger partial charge on any atom is 0.321 e. The molecule has 0 spiro atoms. The molecule has 1 aromatic carbocycles. The zero-order chi connectivity index (χ0) is 15.6. The number of aliphatic carboxylic acids is 1. The Labute approximate surface area is 121 Å². The number of hydrogen-bond donors (Lipinski definition) is 3. The van der Waals surface area contributed by atoms with E-state index < -0.39 is 22.0 Å². The van der Waals surface area contributed by atoms with Crippen LogP contribution >= 0.6 is 0 Å². The van der Waals surface area contributed by atoms with Crippen LogP contribution in [0.5, 0.6) is 5.75 Å². The molecule has 1 amide bonds. The number of rotatable bonds is 5. The van der Waals surface area contributed by atoms with Gasteiger partial charge in [0, 0.05) is 0 Å². The number of carboxylic acid groups (broad SMARTS) is 1. The van der Waals surface area contributed by atoms with Crippen LogP contribution < -0.4 is 14.8 Å². The Morgan fingerprint density at radius 1 is 1.52 bits per heavy atom. The Balaban J connectivity index is 2.30. The predicted molar refractivity (Wildman–Crippen MR) is 72.6 cm³/mol. The molecule has 0 radical (unpaired) electrons. The van der Waals surface area contributed by atoms with E-state index in [0.29, 0.717) is 5.75 Å². The van der Waals surface area contributed by atoms with E-state index in [9.17, 15) is 18.0 Å². The van der Waals surface area contributed by atoms with Crippen LogP contribution in [0.25, 0.3) is 0 Å². The van der Waals surface area contributed by atoms with Gasteiger partial charge < -0.3 is 15.2 Å². The number of hydrogen-bond acceptors (Lipinski definition) is 5. The minimum atomic E-state index is -4.01. The molecule has 0 saturated carbocycles. The van der Waals surface area contributed by atoms with E-state index in [-0.39, 0.29) is 29.5 Å². The average molecular weight is 314 g/mol. The van der Waals surface area contributed by atoms with Gasteiger partial charge in [-0.1, -0.05) is 6.92 Å². The standard InChI is InChI=1S/C12H14N2O6S/c1-2-8(12(16)17)14-21(18,19)7-3-4-10-9(5-7)13-11(15)6-20-10/h3-5,8,14H,2,6H2,1H3,(H,13,15)(H,16,17)/t8-/m0/s1. The van der Waals surface area contributed by atoms with Crippen LogP contribution in [0, 0.1) is 0 Å². The van der Waals surface area contributed by atoms with Crippen LogP contribution in [0.4, 0.5) is 5.69 Å². The summed E-state index contributed by atoms with van der Waals surface area (Å²) in [6.45, 7) is 1.43. The second-order valence-electron chi connectivity index (χ2n) is 4.42. The van der Waals surface area contributed by atoms with Gasteiger partial charge >= 0.3 is 5.97 Å². The lowest BCUT2D eigenvalue weighted by atomic mass is 10.2. The van der Waals surface area contributed by atoms with Gasteiger partial charge in [-0.25, -0.2) is 8.42 Å². The third-order valence-electron chi connectivity index (χ3n) is 2.90. The summed E-state index contributed by atoms with van der Waals surface area (Å²) in [6, 6.07) is 2.71. The molecule has 0 aliphatic carbocycles. The first-order chi connectivity index (χ1) is 9.83. The average Bonchev–Trinajstić information content (AvgIpc) is 2.43. The largest absolute Gasteiger partial charge is 0.482 e. The molecular formula is C12H14N2O6S. The Morgan fingerprint density at radius 2 is 2.24 bits per heavy atom. The maximum atomic E-state index is 12.1. The van der Waals surface area contributed by atoms with Crippen molar-refractivity contribution in [3.63, 3.8) is 0 Å². The molecule has 1 aliphatic rings. The van der Waals surface area contributed by atoms with Crippen molar-refractivity contribution < 1.29 is 27.9 Å². The van der Waals surface area contributed by atoms with Crippen LogP contribution in [0.3, 0.4) is 0 Å². The summed E-state index contributed by atoms with van der Waals surface area (Å²) in [4.78, 5) is 22.0. The van der Waals surface area contributed by atoms with Crippen molar-refractivity contribution in [3.05, 3.63) is 18.2 Å². The molecule has 1 aliphatic heterocycles. The van der Waals surface area contributed by atoms with E-state index in [2.05, 4.69) is 10.0 Å². The molecule has 9 heteroatoms. The first-order valence-electron chi connectivity index (χ1n) is 6.15. The van der Waals surface area contributed by atoms with Crippen molar-refractivity contribution >= 4 is 27.6 Å². The summed E-state index contributed by atoms with van der Waals surface area (Å²) >= 11 is 0. The zero-order valence-corrected chi connectivity index (χ0v) is 11.9. The summed E-state index contributed by atoms with van der Waals surface area (Å²) in [5.74, 6) is -1.28. The van der Waals surface area contributed by atoms with Gasteiger partial charge in [-0.05, 0) is 24.6 Å². The maximum absolute atomic E-state index is 12.1. The van der Waals surface area contributed by atoms with Crippen LogP contribution in [-0.2, 0) is 19.6 Å². The fourth-order valence-corrected chi connectivity index (χ4v) is 3.09. The molecular weight excluding hydrogens is 300 g/mol. The highest BCUT2D eigenvalue weighted by atomic mass is 32.2. The lowest BCUT2D eigenvalue weighted by Gasteiger charge is -2.19. The van der Waals surface area contributed by atoms with Crippen LogP contribution in [0.2, 0.25) is 0 Å². The normalized spacial score (nSPS) is 15.6. The van der Waals surface area contributed by atoms with Gasteiger partial charge in [0.25, 0.3) is 5.91 Å². The molecule has 1 atom stereocenters. The summed E-state index contributed by atoms with van der Waals surface area (Å²) in [5.41, 5.74) is 0.234. The van der Waals surface area contributed by atoms with Crippen molar-refractivity contribution in [2.45, 2.75) is 24.3 Å². The minimum Gasteiger partial charge on any atom is -0.482 e. The van der Waals surface area contributed by atoms with Gasteiger partial charge in [-0.2, -0.15) is 4.72 Å². The number of sulfonamides is 1. The summed E-state index contributed by atoms with van der Waals surface area (Å²) in [7, 11) is -4.01. The van der Waals surface area contributed by atoms with Crippen molar-refractivity contribution in [2.75, 3.05) is 11.9 Å². The number of nitrogens with one attached hydrogen (secondary N) is 2. The third kappa shape index (κ3) is 3.31. The van der Waals surface area contributed by atoms with E-state index in [1.807, 2.05) is 0 Å². The van der Waals surface area contributed by atoms with E-state index in [0.717, 1.165) is 0 Å². The van der Waals surface area contributed by atoms with Gasteiger partial charge in [0.1, 0.15) is 11.8 Å². The van der Waals surface area contributed by atoms with E-state index >= 15 is 0 Å². The van der Waals surface area contributed by atoms with Gasteiger partial charge in [0.15, 0.2) is 6.61 Å². The molecule has 3 N–H and O–H groups in total. The van der Waals surface area contributed by atoms with Gasteiger partial charge in [-0.3, -0.25) is 9.59 Å². The molecule has 8 nitrogen and oxygen atoms in total. The van der Waals surface area contributed by atoms with Gasteiger partial charge in [0.05, 0.1) is 10.6 Å². The second kappa shape index (κ2) is 5.70. The van der Waals surface area contributed by atoms with Crippen LogP contribution in [0.1, 0.15) is 13.3 Å². The van der Waals surface area contributed by atoms with Gasteiger partial charge in [0.2, 0.25) is 10.0 Å². The number of carbonyl (C=O) groups excluding carboxylic acids is 1. The number of fused-ring (bicyclic) bond motifs is 1. The Hall–Kier alpha value is -2.13. The summed E-state index contributed by atoms with van der Waals surface area (Å²) in [5, 5.41) is 11.4. The molecule has 0 saturated heterocycles. The molecule has 114 valence electrons. The number of ether oxygens (including phenoxy) is 1. The molecule has 0 bridgehead atoms. The lowest BCUT2D eigenvalue weighted by molar-refractivity contribution is -0.139. The van der Waals surface area contributed by atoms with E-state index in [4.69, 9.17) is 9.84 Å². The second-order valence-corrected chi connectivity index (χ2v) is 6.13. The number of carbonyl (C=O) groups is 2. The number of benzene rings is 1. The SMILES string of the molecule is CC[C@H](NS(=O)(=O)c1ccc2c(c1)NC(=O)CO2)C(=O)O. The fourth-order valence-electron chi connectivity index (χ4n) is 1.79. The highest BCUT2D eigenvalue weighted by Crippen LogP contribution is 2.30. The molecule has 1 heterocycles. The molecule has 0 unspecified atom stereocenters. The van der Waals surface area contributed by atoms with Crippen LogP contribution in [-0.4, -0.2) is 38.0 Å². The zero-order valence-electron chi connectivity index (χ0n) is 11.1. The minimum absolute atomic E-state index is 0.110. The predicted octanol–water partition coefficient (Wildman–Crippen LogP) is 0.159. The molecule has 21 heavy (non-hydrogen) atoms. The smallest absolute Gasteiger partial charge is 0.321 e. The first-order valence-corrected chi connectivity index (χ1v) is 7.63. The van der Waals surface area contributed by atoms with Crippen molar-refractivity contribution in [1.82, 2.24) is 4.72 Å². The summed E-state index contributed by atoms with van der Waals surface area (Å²) < 4.78 is 31.5.